The van der Waals surface area contributed by atoms with Crippen LogP contribution >= 0.6 is 22.7 Å². The van der Waals surface area contributed by atoms with E-state index in [0.717, 1.165) is 5.69 Å². The van der Waals surface area contributed by atoms with E-state index in [9.17, 15) is 0 Å². The van der Waals surface area contributed by atoms with Crippen LogP contribution in [0.2, 0.25) is 0 Å². The lowest BCUT2D eigenvalue weighted by Crippen LogP contribution is -2.10. The second-order valence-corrected chi connectivity index (χ2v) is 17.3. The van der Waals surface area contributed by atoms with Gasteiger partial charge < -0.3 is 4.90 Å². The molecule has 0 unspecified atom stereocenters. The summed E-state index contributed by atoms with van der Waals surface area (Å²) in [7, 11) is 0. The predicted octanol–water partition coefficient (Wildman–Crippen LogP) is 17.2. The molecule has 0 saturated carbocycles. The van der Waals surface area contributed by atoms with Gasteiger partial charge in [-0.2, -0.15) is 0 Å². The molecule has 0 saturated heterocycles. The number of fused-ring (bicyclic) bond motifs is 9. The molecule has 0 fully saturated rings. The van der Waals surface area contributed by atoms with Crippen LogP contribution in [-0.2, 0) is 0 Å². The fourth-order valence-corrected chi connectivity index (χ4v) is 11.6. The highest BCUT2D eigenvalue weighted by molar-refractivity contribution is 7.27. The maximum absolute atomic E-state index is 2.52. The molecule has 0 aliphatic heterocycles. The minimum Gasteiger partial charge on any atom is -0.308 e. The van der Waals surface area contributed by atoms with Gasteiger partial charge in [0.05, 0.1) is 20.8 Å². The van der Waals surface area contributed by atoms with Crippen molar-refractivity contribution >= 4 is 102 Å². The van der Waals surface area contributed by atoms with E-state index in [1.54, 1.807) is 0 Å². The molecule has 0 aliphatic carbocycles. The molecule has 0 aliphatic rings. The third-order valence-corrected chi connectivity index (χ3v) is 14.4. The van der Waals surface area contributed by atoms with Gasteiger partial charge in [0.2, 0.25) is 0 Å². The topological polar surface area (TPSA) is 3.24 Å². The number of rotatable bonds is 6. The zero-order valence-electron chi connectivity index (χ0n) is 32.0. The van der Waals surface area contributed by atoms with Gasteiger partial charge in [-0.05, 0) is 91.8 Å². The predicted molar refractivity (Wildman–Crippen MR) is 258 cm³/mol. The van der Waals surface area contributed by atoms with Crippen molar-refractivity contribution in [3.63, 3.8) is 0 Å². The lowest BCUT2D eigenvalue weighted by molar-refractivity contribution is 1.32. The van der Waals surface area contributed by atoms with Gasteiger partial charge in [-0.1, -0.05) is 170 Å². The van der Waals surface area contributed by atoms with Gasteiger partial charge in [-0.15, -0.1) is 22.7 Å². The Bertz CT molecular complexity index is 3540. The Labute approximate surface area is 350 Å². The zero-order chi connectivity index (χ0) is 38.9. The summed E-state index contributed by atoms with van der Waals surface area (Å²) in [6.45, 7) is 0. The molecule has 2 aromatic heterocycles. The molecular weight excluding hydrogens is 751 g/mol. The molecule has 12 rings (SSSR count). The second-order valence-electron chi connectivity index (χ2n) is 15.3. The van der Waals surface area contributed by atoms with Gasteiger partial charge in [0.15, 0.2) is 0 Å². The lowest BCUT2D eigenvalue weighted by Gasteiger charge is -2.27. The van der Waals surface area contributed by atoms with Crippen LogP contribution in [0.15, 0.2) is 212 Å². The summed E-state index contributed by atoms with van der Waals surface area (Å²) in [6, 6.07) is 78.1. The monoisotopic (exact) mass is 785 g/mol. The van der Waals surface area contributed by atoms with Crippen molar-refractivity contribution in [1.29, 1.82) is 0 Å². The average Bonchev–Trinajstić information content (AvgIpc) is 3.89. The normalized spacial score (nSPS) is 11.7. The first kappa shape index (κ1) is 34.0. The van der Waals surface area contributed by atoms with Crippen LogP contribution in [0.4, 0.5) is 17.1 Å². The SMILES string of the molecule is c1ccc(-c2cc(-c3ccccc3)c3sc4c(N(c5ccc(-c6ccc7ccccc7c6)cc5)c5cccc6c5sc5c7ccccc7ccc65)cccc4c3c2)cc1. The molecule has 59 heavy (non-hydrogen) atoms. The van der Waals surface area contributed by atoms with Crippen LogP contribution in [0, 0.1) is 0 Å². The van der Waals surface area contributed by atoms with Crippen molar-refractivity contribution in [3.8, 4) is 33.4 Å². The number of benzene rings is 10. The van der Waals surface area contributed by atoms with Gasteiger partial charge in [-0.3, -0.25) is 0 Å². The number of hydrogen-bond acceptors (Lipinski definition) is 3. The minimum absolute atomic E-state index is 1.13. The quantitative estimate of drug-likeness (QED) is 0.162. The molecule has 10 aromatic carbocycles. The molecule has 0 N–H and O–H groups in total. The standard InChI is InChI=1S/C56H35NS2/c1-3-13-36(14-4-1)43-34-49(39-16-5-2-6-17-39)54-50(35-43)47-22-12-24-52(56(47)59-54)57(44-30-27-38(28-31-44)42-26-25-37-15-7-8-19-41(37)33-42)51-23-11-21-46-48-32-29-40-18-9-10-20-45(40)53(48)58-55(46)51/h1-35H. The zero-order valence-corrected chi connectivity index (χ0v) is 33.6. The summed E-state index contributed by atoms with van der Waals surface area (Å²) in [6.07, 6.45) is 0. The van der Waals surface area contributed by atoms with Crippen LogP contribution in [0.3, 0.4) is 0 Å². The summed E-state index contributed by atoms with van der Waals surface area (Å²) in [5.74, 6) is 0. The highest BCUT2D eigenvalue weighted by Gasteiger charge is 2.23. The summed E-state index contributed by atoms with van der Waals surface area (Å²) >= 11 is 3.81. The van der Waals surface area contributed by atoms with Gasteiger partial charge >= 0.3 is 0 Å². The molecule has 276 valence electrons. The van der Waals surface area contributed by atoms with Crippen LogP contribution in [-0.4, -0.2) is 0 Å². The number of thiophene rings is 2. The van der Waals surface area contributed by atoms with Crippen molar-refractivity contribution in [3.05, 3.63) is 212 Å². The molecule has 12 aromatic rings. The Hall–Kier alpha value is -7.04. The fourth-order valence-electron chi connectivity index (χ4n) is 8.96. The third kappa shape index (κ3) is 5.66. The van der Waals surface area contributed by atoms with E-state index < -0.39 is 0 Å². The van der Waals surface area contributed by atoms with E-state index in [-0.39, 0.29) is 0 Å². The highest BCUT2D eigenvalue weighted by Crippen LogP contribution is 2.51. The third-order valence-electron chi connectivity index (χ3n) is 11.8. The van der Waals surface area contributed by atoms with E-state index in [0.29, 0.717) is 0 Å². The fraction of sp³-hybridized carbons (Fsp3) is 0. The van der Waals surface area contributed by atoms with E-state index in [2.05, 4.69) is 217 Å². The Morgan fingerprint density at radius 3 is 1.56 bits per heavy atom. The van der Waals surface area contributed by atoms with Gasteiger partial charge in [0, 0.05) is 42.2 Å². The van der Waals surface area contributed by atoms with Crippen molar-refractivity contribution < 1.29 is 0 Å². The van der Waals surface area contributed by atoms with Crippen LogP contribution < -0.4 is 4.90 Å². The van der Waals surface area contributed by atoms with E-state index in [1.165, 1.54) is 107 Å². The first-order chi connectivity index (χ1) is 29.2. The van der Waals surface area contributed by atoms with Crippen molar-refractivity contribution in [2.75, 3.05) is 4.90 Å². The maximum atomic E-state index is 2.52. The summed E-state index contributed by atoms with van der Waals surface area (Å²) in [4.78, 5) is 2.52. The first-order valence-electron chi connectivity index (χ1n) is 20.1. The van der Waals surface area contributed by atoms with Crippen molar-refractivity contribution in [2.24, 2.45) is 0 Å². The Kier molecular flexibility index (Phi) is 7.97. The molecule has 0 bridgehead atoms. The number of nitrogens with zero attached hydrogens (tertiary/aromatic N) is 1. The molecule has 0 atom stereocenters. The van der Waals surface area contributed by atoms with Gasteiger partial charge in [0.25, 0.3) is 0 Å². The van der Waals surface area contributed by atoms with Crippen molar-refractivity contribution in [1.82, 2.24) is 0 Å². The Morgan fingerprint density at radius 1 is 0.271 bits per heavy atom. The molecular formula is C56H35NS2. The summed E-state index contributed by atoms with van der Waals surface area (Å²) in [5.41, 5.74) is 10.8. The van der Waals surface area contributed by atoms with Crippen LogP contribution in [0.5, 0.6) is 0 Å². The Morgan fingerprint density at radius 2 is 0.814 bits per heavy atom. The highest BCUT2D eigenvalue weighted by atomic mass is 32.1. The largest absolute Gasteiger partial charge is 0.308 e. The molecule has 0 spiro atoms. The van der Waals surface area contributed by atoms with Crippen LogP contribution in [0.25, 0.3) is 95.3 Å². The first-order valence-corrected chi connectivity index (χ1v) is 21.7. The van der Waals surface area contributed by atoms with E-state index >= 15 is 0 Å². The number of hydrogen-bond donors (Lipinski definition) is 0. The second kappa shape index (κ2) is 13.8. The maximum Gasteiger partial charge on any atom is 0.0640 e. The van der Waals surface area contributed by atoms with Gasteiger partial charge in [-0.25, -0.2) is 0 Å². The molecule has 0 amide bonds. The minimum atomic E-state index is 1.13. The van der Waals surface area contributed by atoms with Crippen molar-refractivity contribution in [2.45, 2.75) is 0 Å². The molecule has 2 heterocycles. The number of anilines is 3. The average molecular weight is 786 g/mol. The molecule has 1 nitrogen and oxygen atoms in total. The van der Waals surface area contributed by atoms with Gasteiger partial charge in [0.1, 0.15) is 0 Å². The summed E-state index contributed by atoms with van der Waals surface area (Å²) < 4.78 is 5.19. The smallest absolute Gasteiger partial charge is 0.0640 e. The van der Waals surface area contributed by atoms with E-state index in [4.69, 9.17) is 0 Å². The van der Waals surface area contributed by atoms with Crippen LogP contribution in [0.1, 0.15) is 0 Å². The van der Waals surface area contributed by atoms with E-state index in [1.807, 2.05) is 22.7 Å². The Balaban J connectivity index is 1.11. The summed E-state index contributed by atoms with van der Waals surface area (Å²) in [5, 5.41) is 10.2. The lowest BCUT2D eigenvalue weighted by atomic mass is 9.96. The molecule has 0 radical (unpaired) electrons. The molecule has 3 heteroatoms.